The second-order valence-electron chi connectivity index (χ2n) is 6.25. The lowest BCUT2D eigenvalue weighted by Gasteiger charge is -2.36. The lowest BCUT2D eigenvalue weighted by molar-refractivity contribution is -0.147. The van der Waals surface area contributed by atoms with E-state index in [0.717, 1.165) is 44.8 Å². The van der Waals surface area contributed by atoms with Crippen LogP contribution >= 0.6 is 0 Å². The van der Waals surface area contributed by atoms with E-state index in [2.05, 4.69) is 24.1 Å². The number of carbonyl (C=O) groups is 1. The first-order chi connectivity index (χ1) is 9.12. The zero-order valence-electron chi connectivity index (χ0n) is 12.3. The molecule has 2 rings (SSSR count). The summed E-state index contributed by atoms with van der Waals surface area (Å²) in [4.78, 5) is 14.2. The Balaban J connectivity index is 2.03. The zero-order chi connectivity index (χ0) is 13.9. The molecule has 0 aromatic rings. The highest BCUT2D eigenvalue weighted by Crippen LogP contribution is 2.41. The fraction of sp³-hybridized carbons (Fsp3) is 0.933. The van der Waals surface area contributed by atoms with Crippen molar-refractivity contribution in [2.75, 3.05) is 26.2 Å². The molecule has 0 saturated heterocycles. The molecule has 0 radical (unpaired) electrons. The third-order valence-corrected chi connectivity index (χ3v) is 4.48. The van der Waals surface area contributed by atoms with E-state index >= 15 is 0 Å². The lowest BCUT2D eigenvalue weighted by Crippen LogP contribution is -2.61. The number of carboxylic acid groups (broad SMARTS) is 1. The Morgan fingerprint density at radius 2 is 2.00 bits per heavy atom. The highest BCUT2D eigenvalue weighted by atomic mass is 16.4. The van der Waals surface area contributed by atoms with E-state index in [1.807, 2.05) is 0 Å². The van der Waals surface area contributed by atoms with Crippen molar-refractivity contribution >= 4 is 5.97 Å². The molecule has 1 atom stereocenters. The van der Waals surface area contributed by atoms with Gasteiger partial charge in [-0.1, -0.05) is 13.8 Å². The molecule has 2 aliphatic rings. The van der Waals surface area contributed by atoms with Crippen molar-refractivity contribution in [3.8, 4) is 0 Å². The molecule has 0 aliphatic heterocycles. The van der Waals surface area contributed by atoms with Gasteiger partial charge < -0.3 is 15.3 Å². The fourth-order valence-electron chi connectivity index (χ4n) is 2.90. The van der Waals surface area contributed by atoms with Gasteiger partial charge in [0.25, 0.3) is 0 Å². The molecule has 2 aliphatic carbocycles. The molecule has 2 fully saturated rings. The third-order valence-electron chi connectivity index (χ3n) is 4.48. The first-order valence-electron chi connectivity index (χ1n) is 7.83. The molecule has 2 N–H and O–H groups in total. The maximum Gasteiger partial charge on any atom is 0.325 e. The third kappa shape index (κ3) is 3.69. The summed E-state index contributed by atoms with van der Waals surface area (Å²) in [6.45, 7) is 7.72. The Labute approximate surface area is 116 Å². The van der Waals surface area contributed by atoms with Crippen LogP contribution in [0.3, 0.4) is 0 Å². The zero-order valence-corrected chi connectivity index (χ0v) is 12.3. The fourth-order valence-corrected chi connectivity index (χ4v) is 2.90. The molecule has 0 spiro atoms. The quantitative estimate of drug-likeness (QED) is 0.636. The molecule has 4 nitrogen and oxygen atoms in total. The Morgan fingerprint density at radius 3 is 2.42 bits per heavy atom. The Kier molecular flexibility index (Phi) is 4.85. The summed E-state index contributed by atoms with van der Waals surface area (Å²) < 4.78 is 0. The Hall–Kier alpha value is -0.610. The van der Waals surface area contributed by atoms with Crippen molar-refractivity contribution in [3.05, 3.63) is 0 Å². The summed E-state index contributed by atoms with van der Waals surface area (Å²) in [6.07, 6.45) is 5.75. The summed E-state index contributed by atoms with van der Waals surface area (Å²) in [7, 11) is 0. The molecule has 1 unspecified atom stereocenters. The van der Waals surface area contributed by atoms with Crippen LogP contribution in [0.2, 0.25) is 0 Å². The van der Waals surface area contributed by atoms with Crippen molar-refractivity contribution in [1.29, 1.82) is 0 Å². The van der Waals surface area contributed by atoms with E-state index in [0.29, 0.717) is 12.5 Å². The highest BCUT2D eigenvalue weighted by Gasteiger charge is 2.51. The molecule has 2 saturated carbocycles. The summed E-state index contributed by atoms with van der Waals surface area (Å²) in [5.41, 5.74) is -0.707. The highest BCUT2D eigenvalue weighted by molar-refractivity contribution is 5.80. The lowest BCUT2D eigenvalue weighted by atomic mass is 9.91. The van der Waals surface area contributed by atoms with Crippen LogP contribution in [0.15, 0.2) is 0 Å². The van der Waals surface area contributed by atoms with E-state index in [4.69, 9.17) is 0 Å². The molecule has 0 aromatic heterocycles. The van der Waals surface area contributed by atoms with Gasteiger partial charge in [0.05, 0.1) is 0 Å². The van der Waals surface area contributed by atoms with Crippen LogP contribution in [0.25, 0.3) is 0 Å². The van der Waals surface area contributed by atoms with Gasteiger partial charge in [-0.2, -0.15) is 0 Å². The minimum absolute atomic E-state index is 0.324. The number of hydrogen-bond acceptors (Lipinski definition) is 3. The number of nitrogens with zero attached hydrogens (tertiary/aromatic N) is 1. The van der Waals surface area contributed by atoms with Crippen LogP contribution in [0.5, 0.6) is 0 Å². The molecular formula is C15H28N2O2. The molecule has 19 heavy (non-hydrogen) atoms. The predicted molar refractivity (Wildman–Crippen MR) is 76.2 cm³/mol. The van der Waals surface area contributed by atoms with Gasteiger partial charge in [-0.25, -0.2) is 0 Å². The molecule has 0 aromatic carbocycles. The summed E-state index contributed by atoms with van der Waals surface area (Å²) >= 11 is 0. The number of hydrogen-bond donors (Lipinski definition) is 2. The van der Waals surface area contributed by atoms with Gasteiger partial charge in [0, 0.05) is 13.1 Å². The summed E-state index contributed by atoms with van der Waals surface area (Å²) in [5, 5.41) is 13.1. The van der Waals surface area contributed by atoms with Gasteiger partial charge >= 0.3 is 5.97 Å². The number of carboxylic acids is 1. The number of likely N-dealkylation sites (N-methyl/N-ethyl adjacent to an activating group) is 1. The maximum atomic E-state index is 11.9. The topological polar surface area (TPSA) is 52.6 Å². The minimum atomic E-state index is -0.707. The van der Waals surface area contributed by atoms with Crippen LogP contribution in [0.4, 0.5) is 0 Å². The van der Waals surface area contributed by atoms with Gasteiger partial charge in [-0.3, -0.25) is 4.79 Å². The van der Waals surface area contributed by atoms with Crippen LogP contribution in [0, 0.1) is 11.8 Å². The van der Waals surface area contributed by atoms with E-state index in [-0.39, 0.29) is 0 Å². The van der Waals surface area contributed by atoms with Crippen LogP contribution < -0.4 is 5.32 Å². The van der Waals surface area contributed by atoms with E-state index in [1.165, 1.54) is 12.8 Å². The first kappa shape index (κ1) is 14.8. The molecular weight excluding hydrogens is 240 g/mol. The van der Waals surface area contributed by atoms with Gasteiger partial charge in [0.2, 0.25) is 0 Å². The number of aliphatic carboxylic acids is 1. The molecule has 4 heteroatoms. The van der Waals surface area contributed by atoms with Crippen molar-refractivity contribution < 1.29 is 9.90 Å². The molecule has 0 heterocycles. The Bertz CT molecular complexity index is 313. The number of rotatable bonds is 10. The van der Waals surface area contributed by atoms with E-state index < -0.39 is 11.5 Å². The normalized spacial score (nSPS) is 22.5. The van der Waals surface area contributed by atoms with Gasteiger partial charge in [-0.15, -0.1) is 0 Å². The molecule has 110 valence electrons. The second-order valence-corrected chi connectivity index (χ2v) is 6.25. The van der Waals surface area contributed by atoms with E-state index in [1.54, 1.807) is 0 Å². The van der Waals surface area contributed by atoms with Gasteiger partial charge in [0.15, 0.2) is 0 Å². The SMILES string of the molecule is CCCNC(CN(CC)CC1CC1)(C(=O)O)C1CC1. The summed E-state index contributed by atoms with van der Waals surface area (Å²) in [6, 6.07) is 0. The summed E-state index contributed by atoms with van der Waals surface area (Å²) in [5.74, 6) is 0.485. The van der Waals surface area contributed by atoms with E-state index in [9.17, 15) is 9.90 Å². The average molecular weight is 268 g/mol. The Morgan fingerprint density at radius 1 is 1.32 bits per heavy atom. The smallest absolute Gasteiger partial charge is 0.325 e. The minimum Gasteiger partial charge on any atom is -0.480 e. The van der Waals surface area contributed by atoms with Crippen molar-refractivity contribution in [2.24, 2.45) is 11.8 Å². The van der Waals surface area contributed by atoms with Crippen LogP contribution in [-0.4, -0.2) is 47.7 Å². The van der Waals surface area contributed by atoms with Crippen molar-refractivity contribution in [3.63, 3.8) is 0 Å². The maximum absolute atomic E-state index is 11.9. The van der Waals surface area contributed by atoms with Crippen LogP contribution in [-0.2, 0) is 4.79 Å². The number of nitrogens with one attached hydrogen (secondary N) is 1. The molecule has 0 bridgehead atoms. The average Bonchev–Trinajstić information content (AvgIpc) is 3.25. The first-order valence-corrected chi connectivity index (χ1v) is 7.83. The second kappa shape index (κ2) is 6.23. The molecule has 0 amide bonds. The predicted octanol–water partition coefficient (Wildman–Crippen LogP) is 1.95. The van der Waals surface area contributed by atoms with Crippen LogP contribution in [0.1, 0.15) is 46.0 Å². The largest absolute Gasteiger partial charge is 0.480 e. The standard InChI is InChI=1S/C15H28N2O2/c1-3-9-16-15(14(18)19,13-7-8-13)11-17(4-2)10-12-5-6-12/h12-13,16H,3-11H2,1-2H3,(H,18,19). The van der Waals surface area contributed by atoms with Gasteiger partial charge in [-0.05, 0) is 57.0 Å². The monoisotopic (exact) mass is 268 g/mol. The van der Waals surface area contributed by atoms with Crippen molar-refractivity contribution in [2.45, 2.75) is 51.5 Å². The van der Waals surface area contributed by atoms with Gasteiger partial charge in [0.1, 0.15) is 5.54 Å². The van der Waals surface area contributed by atoms with Crippen molar-refractivity contribution in [1.82, 2.24) is 10.2 Å².